The van der Waals surface area contributed by atoms with Crippen molar-refractivity contribution in [3.05, 3.63) is 83.4 Å². The topological polar surface area (TPSA) is 44.1 Å². The molecule has 3 rings (SSSR count). The summed E-state index contributed by atoms with van der Waals surface area (Å²) in [5.74, 6) is -0.344. The van der Waals surface area contributed by atoms with Crippen molar-refractivity contribution in [1.82, 2.24) is 9.55 Å². The summed E-state index contributed by atoms with van der Waals surface area (Å²) in [6, 6.07) is 17.1. The van der Waals surface area contributed by atoms with Gasteiger partial charge in [-0.1, -0.05) is 6.07 Å². The number of aromatic nitrogens is 2. The average Bonchev–Trinajstić information content (AvgIpc) is 2.92. The fraction of sp³-hybridized carbons (Fsp3) is 0.158. The van der Waals surface area contributed by atoms with Crippen LogP contribution in [-0.4, -0.2) is 15.5 Å². The Kier molecular flexibility index (Phi) is 4.24. The van der Waals surface area contributed by atoms with Gasteiger partial charge in [-0.2, -0.15) is 0 Å². The quantitative estimate of drug-likeness (QED) is 0.688. The molecular weight excluding hydrogens is 288 g/mol. The SMILES string of the molecule is Cc1ccc(C)n1-c1ccc(C(=O)OCc2ccccn2)cc1. The minimum absolute atomic E-state index is 0.178. The van der Waals surface area contributed by atoms with Gasteiger partial charge < -0.3 is 9.30 Å². The Bertz CT molecular complexity index is 786. The van der Waals surface area contributed by atoms with E-state index in [2.05, 4.69) is 35.5 Å². The summed E-state index contributed by atoms with van der Waals surface area (Å²) in [5.41, 5.74) is 4.62. The number of benzene rings is 1. The molecule has 4 nitrogen and oxygen atoms in total. The van der Waals surface area contributed by atoms with Crippen molar-refractivity contribution < 1.29 is 9.53 Å². The summed E-state index contributed by atoms with van der Waals surface area (Å²) in [6.07, 6.45) is 1.68. The number of esters is 1. The number of carbonyl (C=O) groups is 1. The van der Waals surface area contributed by atoms with Gasteiger partial charge in [0.05, 0.1) is 11.3 Å². The highest BCUT2D eigenvalue weighted by molar-refractivity contribution is 5.89. The number of hydrogen-bond donors (Lipinski definition) is 0. The Morgan fingerprint density at radius 1 is 1.00 bits per heavy atom. The number of carbonyl (C=O) groups excluding carboxylic acids is 1. The number of aryl methyl sites for hydroxylation is 2. The first-order valence-electron chi connectivity index (χ1n) is 7.47. The highest BCUT2D eigenvalue weighted by Gasteiger charge is 2.09. The zero-order valence-corrected chi connectivity index (χ0v) is 13.2. The van der Waals surface area contributed by atoms with Crippen molar-refractivity contribution in [1.29, 1.82) is 0 Å². The Labute approximate surface area is 135 Å². The van der Waals surface area contributed by atoms with Crippen LogP contribution in [0, 0.1) is 13.8 Å². The lowest BCUT2D eigenvalue weighted by Gasteiger charge is -2.10. The van der Waals surface area contributed by atoms with Gasteiger partial charge in [0.1, 0.15) is 6.61 Å². The minimum Gasteiger partial charge on any atom is -0.456 e. The van der Waals surface area contributed by atoms with Gasteiger partial charge >= 0.3 is 5.97 Å². The van der Waals surface area contributed by atoms with Gasteiger partial charge in [0.25, 0.3) is 0 Å². The lowest BCUT2D eigenvalue weighted by Crippen LogP contribution is -2.06. The van der Waals surface area contributed by atoms with Gasteiger partial charge in [0.2, 0.25) is 0 Å². The van der Waals surface area contributed by atoms with Crippen LogP contribution in [0.5, 0.6) is 0 Å². The second-order valence-corrected chi connectivity index (χ2v) is 5.40. The molecule has 3 aromatic rings. The third-order valence-electron chi connectivity index (χ3n) is 3.71. The molecule has 0 radical (unpaired) electrons. The van der Waals surface area contributed by atoms with Crippen molar-refractivity contribution in [3.63, 3.8) is 0 Å². The molecule has 2 aromatic heterocycles. The Morgan fingerprint density at radius 2 is 1.70 bits per heavy atom. The van der Waals surface area contributed by atoms with Gasteiger partial charge in [0.15, 0.2) is 0 Å². The smallest absolute Gasteiger partial charge is 0.338 e. The second-order valence-electron chi connectivity index (χ2n) is 5.40. The minimum atomic E-state index is -0.344. The first-order valence-corrected chi connectivity index (χ1v) is 7.47. The molecule has 0 N–H and O–H groups in total. The molecule has 0 aliphatic heterocycles. The molecule has 0 amide bonds. The van der Waals surface area contributed by atoms with E-state index in [1.165, 1.54) is 0 Å². The molecule has 2 heterocycles. The lowest BCUT2D eigenvalue weighted by atomic mass is 10.2. The molecule has 0 unspecified atom stereocenters. The van der Waals surface area contributed by atoms with Crippen LogP contribution >= 0.6 is 0 Å². The van der Waals surface area contributed by atoms with Crippen LogP contribution in [0.1, 0.15) is 27.4 Å². The van der Waals surface area contributed by atoms with Crippen LogP contribution in [0.4, 0.5) is 0 Å². The van der Waals surface area contributed by atoms with Gasteiger partial charge in [0, 0.05) is 23.3 Å². The maximum atomic E-state index is 12.1. The molecule has 23 heavy (non-hydrogen) atoms. The monoisotopic (exact) mass is 306 g/mol. The molecule has 0 bridgehead atoms. The number of rotatable bonds is 4. The zero-order valence-electron chi connectivity index (χ0n) is 13.2. The largest absolute Gasteiger partial charge is 0.456 e. The number of hydrogen-bond acceptors (Lipinski definition) is 3. The fourth-order valence-corrected chi connectivity index (χ4v) is 2.53. The third-order valence-corrected chi connectivity index (χ3v) is 3.71. The van der Waals surface area contributed by atoms with Crippen LogP contribution < -0.4 is 0 Å². The van der Waals surface area contributed by atoms with Gasteiger partial charge in [-0.05, 0) is 62.4 Å². The number of nitrogens with zero attached hydrogens (tertiary/aromatic N) is 2. The second kappa shape index (κ2) is 6.48. The highest BCUT2D eigenvalue weighted by Crippen LogP contribution is 2.17. The molecule has 0 atom stereocenters. The Balaban J connectivity index is 1.71. The number of pyridine rings is 1. The maximum Gasteiger partial charge on any atom is 0.338 e. The summed E-state index contributed by atoms with van der Waals surface area (Å²) in [5, 5.41) is 0. The number of ether oxygens (including phenoxy) is 1. The lowest BCUT2D eigenvalue weighted by molar-refractivity contribution is 0.0468. The molecule has 116 valence electrons. The van der Waals surface area contributed by atoms with E-state index in [0.717, 1.165) is 22.8 Å². The summed E-state index contributed by atoms with van der Waals surface area (Å²) < 4.78 is 7.43. The molecule has 0 saturated heterocycles. The third kappa shape index (κ3) is 3.31. The van der Waals surface area contributed by atoms with E-state index >= 15 is 0 Å². The van der Waals surface area contributed by atoms with E-state index in [9.17, 15) is 4.79 Å². The molecule has 0 fully saturated rings. The van der Waals surface area contributed by atoms with E-state index in [1.807, 2.05) is 30.3 Å². The molecule has 4 heteroatoms. The van der Waals surface area contributed by atoms with Crippen molar-refractivity contribution in [2.24, 2.45) is 0 Å². The van der Waals surface area contributed by atoms with E-state index < -0.39 is 0 Å². The normalized spacial score (nSPS) is 10.5. The predicted molar refractivity (Wildman–Crippen MR) is 88.6 cm³/mol. The predicted octanol–water partition coefficient (Wildman–Crippen LogP) is 3.85. The highest BCUT2D eigenvalue weighted by atomic mass is 16.5. The molecule has 0 aliphatic rings. The molecule has 0 spiro atoms. The van der Waals surface area contributed by atoms with E-state index in [-0.39, 0.29) is 12.6 Å². The molecule has 0 aliphatic carbocycles. The Morgan fingerprint density at radius 3 is 2.30 bits per heavy atom. The van der Waals surface area contributed by atoms with Gasteiger partial charge in [-0.15, -0.1) is 0 Å². The van der Waals surface area contributed by atoms with Crippen LogP contribution in [0.25, 0.3) is 5.69 Å². The van der Waals surface area contributed by atoms with Crippen LogP contribution in [0.3, 0.4) is 0 Å². The van der Waals surface area contributed by atoms with Crippen LogP contribution in [-0.2, 0) is 11.3 Å². The van der Waals surface area contributed by atoms with Crippen LogP contribution in [0.15, 0.2) is 60.8 Å². The summed E-state index contributed by atoms with van der Waals surface area (Å²) in [6.45, 7) is 4.29. The van der Waals surface area contributed by atoms with Crippen molar-refractivity contribution in [2.75, 3.05) is 0 Å². The Hall–Kier alpha value is -2.88. The van der Waals surface area contributed by atoms with Crippen LogP contribution in [0.2, 0.25) is 0 Å². The fourth-order valence-electron chi connectivity index (χ4n) is 2.53. The first kappa shape index (κ1) is 15.0. The summed E-state index contributed by atoms with van der Waals surface area (Å²) in [4.78, 5) is 16.2. The van der Waals surface area contributed by atoms with Gasteiger partial charge in [-0.3, -0.25) is 4.98 Å². The van der Waals surface area contributed by atoms with Crippen molar-refractivity contribution >= 4 is 5.97 Å². The van der Waals surface area contributed by atoms with E-state index in [0.29, 0.717) is 5.56 Å². The molecule has 0 saturated carbocycles. The first-order chi connectivity index (χ1) is 11.1. The summed E-state index contributed by atoms with van der Waals surface area (Å²) >= 11 is 0. The standard InChI is InChI=1S/C19H18N2O2/c1-14-6-7-15(2)21(14)18-10-8-16(9-11-18)19(22)23-13-17-5-3-4-12-20-17/h3-12H,13H2,1-2H3. The zero-order chi connectivity index (χ0) is 16.2. The summed E-state index contributed by atoms with van der Waals surface area (Å²) in [7, 11) is 0. The average molecular weight is 306 g/mol. The van der Waals surface area contributed by atoms with Gasteiger partial charge in [-0.25, -0.2) is 4.79 Å². The molecular formula is C19H18N2O2. The van der Waals surface area contributed by atoms with Crippen molar-refractivity contribution in [3.8, 4) is 5.69 Å². The van der Waals surface area contributed by atoms with E-state index in [4.69, 9.17) is 4.74 Å². The maximum absolute atomic E-state index is 12.1. The van der Waals surface area contributed by atoms with Crippen molar-refractivity contribution in [2.45, 2.75) is 20.5 Å². The van der Waals surface area contributed by atoms with E-state index in [1.54, 1.807) is 18.3 Å². The molecule has 1 aromatic carbocycles.